The molecule has 0 aliphatic carbocycles. The standard InChI is InChI=1S/C30H25N5O3/c1-18-7-6-10-22-23(18)17-25(31-29(22)36)28-27(19-11-13-21(37-2)14-12-19)24(32-34-28)15-16-26-33-35-30(38-26)20-8-4-3-5-9-20/h3-16,25H,17H2,1-2H3,(H,31,36)(H,32,34)/b16-15+. The molecule has 38 heavy (non-hydrogen) atoms. The molecular weight excluding hydrogens is 478 g/mol. The number of H-pyrrole nitrogens is 1. The number of methoxy groups -OCH3 is 1. The second kappa shape index (κ2) is 9.82. The number of aromatic nitrogens is 4. The monoisotopic (exact) mass is 503 g/mol. The van der Waals surface area contributed by atoms with E-state index in [1.807, 2.05) is 85.8 Å². The number of ether oxygens (including phenoxy) is 1. The number of nitrogens with one attached hydrogen (secondary N) is 2. The SMILES string of the molecule is COc1ccc(-c2c(/C=C/c3nnc(-c4ccccc4)o3)n[nH]c2C2Cc3c(C)cccc3C(=O)N2)cc1. The van der Waals surface area contributed by atoms with Crippen LogP contribution in [0.3, 0.4) is 0 Å². The number of carbonyl (C=O) groups is 1. The molecule has 3 heterocycles. The summed E-state index contributed by atoms with van der Waals surface area (Å²) in [6, 6.07) is 22.9. The molecule has 8 nitrogen and oxygen atoms in total. The van der Waals surface area contributed by atoms with Gasteiger partial charge in [0.2, 0.25) is 11.8 Å². The van der Waals surface area contributed by atoms with E-state index in [9.17, 15) is 4.79 Å². The minimum atomic E-state index is -0.268. The second-order valence-corrected chi connectivity index (χ2v) is 9.10. The van der Waals surface area contributed by atoms with Crippen LogP contribution in [0.5, 0.6) is 5.75 Å². The molecule has 8 heteroatoms. The van der Waals surface area contributed by atoms with Gasteiger partial charge in [-0.05, 0) is 66.4 Å². The Morgan fingerprint density at radius 1 is 0.947 bits per heavy atom. The number of fused-ring (bicyclic) bond motifs is 1. The molecule has 2 aromatic heterocycles. The lowest BCUT2D eigenvalue weighted by atomic mass is 9.88. The first-order valence-corrected chi connectivity index (χ1v) is 12.3. The van der Waals surface area contributed by atoms with Crippen LogP contribution in [0.2, 0.25) is 0 Å². The number of benzene rings is 3. The topological polar surface area (TPSA) is 106 Å². The third-order valence-corrected chi connectivity index (χ3v) is 6.76. The Balaban J connectivity index is 1.38. The normalized spacial score (nSPS) is 14.9. The molecule has 6 rings (SSSR count). The fourth-order valence-corrected chi connectivity index (χ4v) is 4.80. The number of aryl methyl sites for hydroxylation is 1. The number of hydrogen-bond donors (Lipinski definition) is 2. The van der Waals surface area contributed by atoms with Crippen molar-refractivity contribution in [3.05, 3.63) is 107 Å². The van der Waals surface area contributed by atoms with Gasteiger partial charge in [-0.1, -0.05) is 42.5 Å². The van der Waals surface area contributed by atoms with E-state index < -0.39 is 0 Å². The Labute approximate surface area is 219 Å². The highest BCUT2D eigenvalue weighted by Gasteiger charge is 2.30. The van der Waals surface area contributed by atoms with Gasteiger partial charge in [-0.15, -0.1) is 10.2 Å². The van der Waals surface area contributed by atoms with E-state index in [1.54, 1.807) is 13.2 Å². The molecule has 1 aliphatic rings. The van der Waals surface area contributed by atoms with Gasteiger partial charge in [0.1, 0.15) is 5.75 Å². The summed E-state index contributed by atoms with van der Waals surface area (Å²) in [5, 5.41) is 19.3. The summed E-state index contributed by atoms with van der Waals surface area (Å²) >= 11 is 0. The van der Waals surface area contributed by atoms with E-state index >= 15 is 0 Å². The molecular formula is C30H25N5O3. The highest BCUT2D eigenvalue weighted by Crippen LogP contribution is 2.36. The fourth-order valence-electron chi connectivity index (χ4n) is 4.80. The highest BCUT2D eigenvalue weighted by molar-refractivity contribution is 5.97. The zero-order chi connectivity index (χ0) is 26.1. The molecule has 1 aliphatic heterocycles. The number of aromatic amines is 1. The average Bonchev–Trinajstić information content (AvgIpc) is 3.60. The van der Waals surface area contributed by atoms with E-state index in [2.05, 4.69) is 25.7 Å². The van der Waals surface area contributed by atoms with Gasteiger partial charge in [-0.3, -0.25) is 9.89 Å². The lowest BCUT2D eigenvalue weighted by Crippen LogP contribution is -2.36. The summed E-state index contributed by atoms with van der Waals surface area (Å²) in [6.45, 7) is 2.04. The Hall–Kier alpha value is -4.98. The molecule has 188 valence electrons. The largest absolute Gasteiger partial charge is 0.497 e. The maximum absolute atomic E-state index is 13.0. The summed E-state index contributed by atoms with van der Waals surface area (Å²) in [5.41, 5.74) is 7.05. The van der Waals surface area contributed by atoms with Crippen LogP contribution in [-0.2, 0) is 6.42 Å². The number of hydrogen-bond acceptors (Lipinski definition) is 6. The lowest BCUT2D eigenvalue weighted by Gasteiger charge is -2.27. The molecule has 2 N–H and O–H groups in total. The molecule has 0 saturated carbocycles. The first kappa shape index (κ1) is 23.4. The molecule has 1 amide bonds. The van der Waals surface area contributed by atoms with Crippen molar-refractivity contribution in [1.82, 2.24) is 25.7 Å². The molecule has 0 radical (unpaired) electrons. The molecule has 3 aromatic carbocycles. The Bertz CT molecular complexity index is 1630. The van der Waals surface area contributed by atoms with Gasteiger partial charge in [0, 0.05) is 22.8 Å². The van der Waals surface area contributed by atoms with Crippen molar-refractivity contribution >= 4 is 18.1 Å². The Morgan fingerprint density at radius 2 is 1.76 bits per heavy atom. The quantitative estimate of drug-likeness (QED) is 0.311. The summed E-state index contributed by atoms with van der Waals surface area (Å²) in [6.07, 6.45) is 4.24. The highest BCUT2D eigenvalue weighted by atomic mass is 16.5. The van der Waals surface area contributed by atoms with Crippen molar-refractivity contribution in [3.8, 4) is 28.3 Å². The zero-order valence-electron chi connectivity index (χ0n) is 20.9. The van der Waals surface area contributed by atoms with E-state index in [0.717, 1.165) is 44.8 Å². The van der Waals surface area contributed by atoms with Crippen molar-refractivity contribution in [3.63, 3.8) is 0 Å². The summed E-state index contributed by atoms with van der Waals surface area (Å²) in [4.78, 5) is 13.0. The minimum Gasteiger partial charge on any atom is -0.497 e. The van der Waals surface area contributed by atoms with Gasteiger partial charge in [0.05, 0.1) is 24.5 Å². The maximum Gasteiger partial charge on any atom is 0.252 e. The van der Waals surface area contributed by atoms with Crippen LogP contribution in [0.1, 0.15) is 44.8 Å². The van der Waals surface area contributed by atoms with Crippen molar-refractivity contribution in [2.24, 2.45) is 0 Å². The van der Waals surface area contributed by atoms with Gasteiger partial charge in [0.15, 0.2) is 0 Å². The van der Waals surface area contributed by atoms with Crippen LogP contribution in [0.25, 0.3) is 34.7 Å². The molecule has 0 saturated heterocycles. The van der Waals surface area contributed by atoms with Crippen LogP contribution in [0.15, 0.2) is 77.2 Å². The predicted molar refractivity (Wildman–Crippen MR) is 144 cm³/mol. The second-order valence-electron chi connectivity index (χ2n) is 9.10. The van der Waals surface area contributed by atoms with Gasteiger partial charge in [-0.2, -0.15) is 5.10 Å². The van der Waals surface area contributed by atoms with Crippen molar-refractivity contribution < 1.29 is 13.9 Å². The molecule has 0 fully saturated rings. The van der Waals surface area contributed by atoms with Crippen LogP contribution in [0, 0.1) is 6.92 Å². The number of nitrogens with zero attached hydrogens (tertiary/aromatic N) is 3. The summed E-state index contributed by atoms with van der Waals surface area (Å²) < 4.78 is 11.2. The van der Waals surface area contributed by atoms with Gasteiger partial charge >= 0.3 is 0 Å². The van der Waals surface area contributed by atoms with Gasteiger partial charge in [0.25, 0.3) is 5.91 Å². The van der Waals surface area contributed by atoms with Gasteiger partial charge < -0.3 is 14.5 Å². The minimum absolute atomic E-state index is 0.0911. The first-order chi connectivity index (χ1) is 18.6. The molecule has 0 bridgehead atoms. The fraction of sp³-hybridized carbons (Fsp3) is 0.133. The Kier molecular flexibility index (Phi) is 6.05. The summed E-state index contributed by atoms with van der Waals surface area (Å²) in [5.74, 6) is 1.48. The number of carbonyl (C=O) groups excluding carboxylic acids is 1. The van der Waals surface area contributed by atoms with Crippen molar-refractivity contribution in [1.29, 1.82) is 0 Å². The first-order valence-electron chi connectivity index (χ1n) is 12.3. The van der Waals surface area contributed by atoms with E-state index in [-0.39, 0.29) is 11.9 Å². The van der Waals surface area contributed by atoms with Crippen molar-refractivity contribution in [2.75, 3.05) is 7.11 Å². The average molecular weight is 504 g/mol. The smallest absolute Gasteiger partial charge is 0.252 e. The lowest BCUT2D eigenvalue weighted by molar-refractivity contribution is 0.0924. The molecule has 0 spiro atoms. The maximum atomic E-state index is 13.0. The molecule has 1 unspecified atom stereocenters. The van der Waals surface area contributed by atoms with Crippen LogP contribution in [-0.4, -0.2) is 33.4 Å². The summed E-state index contributed by atoms with van der Waals surface area (Å²) in [7, 11) is 1.64. The van der Waals surface area contributed by atoms with Crippen molar-refractivity contribution in [2.45, 2.75) is 19.4 Å². The zero-order valence-corrected chi connectivity index (χ0v) is 20.9. The van der Waals surface area contributed by atoms with Crippen LogP contribution >= 0.6 is 0 Å². The van der Waals surface area contributed by atoms with Crippen LogP contribution < -0.4 is 10.1 Å². The number of amides is 1. The van der Waals surface area contributed by atoms with Gasteiger partial charge in [-0.25, -0.2) is 0 Å². The van der Waals surface area contributed by atoms with E-state index in [0.29, 0.717) is 23.9 Å². The van der Waals surface area contributed by atoms with Crippen LogP contribution in [0.4, 0.5) is 0 Å². The molecule has 5 aromatic rings. The third kappa shape index (κ3) is 4.37. The molecule has 1 atom stereocenters. The third-order valence-electron chi connectivity index (χ3n) is 6.76. The number of rotatable bonds is 6. The van der Waals surface area contributed by atoms with E-state index in [1.165, 1.54) is 0 Å². The predicted octanol–water partition coefficient (Wildman–Crippen LogP) is 5.64. The van der Waals surface area contributed by atoms with E-state index in [4.69, 9.17) is 9.15 Å². The Morgan fingerprint density at radius 3 is 2.55 bits per heavy atom.